The third-order valence-electron chi connectivity index (χ3n) is 5.36. The van der Waals surface area contributed by atoms with Gasteiger partial charge in [0, 0.05) is 13.0 Å². The highest BCUT2D eigenvalue weighted by Crippen LogP contribution is 2.24. The lowest BCUT2D eigenvalue weighted by Gasteiger charge is -2.24. The van der Waals surface area contributed by atoms with Gasteiger partial charge in [-0.1, -0.05) is 78.4 Å². The number of anilines is 1. The molecule has 1 N–H and O–H groups in total. The number of nitrogens with zero attached hydrogens (tertiary/aromatic N) is 1. The van der Waals surface area contributed by atoms with Crippen molar-refractivity contribution in [3.8, 4) is 0 Å². The Morgan fingerprint density at radius 1 is 0.906 bits per heavy atom. The highest BCUT2D eigenvalue weighted by Gasteiger charge is 2.20. The van der Waals surface area contributed by atoms with Crippen molar-refractivity contribution in [3.05, 3.63) is 101 Å². The molecule has 3 rings (SSSR count). The van der Waals surface area contributed by atoms with Gasteiger partial charge in [0.25, 0.3) is 0 Å². The maximum atomic E-state index is 12.8. The summed E-state index contributed by atoms with van der Waals surface area (Å²) in [6.45, 7) is 4.16. The van der Waals surface area contributed by atoms with Gasteiger partial charge in [-0.25, -0.2) is 8.42 Å². The van der Waals surface area contributed by atoms with Crippen LogP contribution in [0.4, 0.5) is 5.69 Å². The Kier molecular flexibility index (Phi) is 7.70. The highest BCUT2D eigenvalue weighted by atomic mass is 32.2. The van der Waals surface area contributed by atoms with Crippen molar-refractivity contribution >= 4 is 21.6 Å². The Labute approximate surface area is 191 Å². The van der Waals surface area contributed by atoms with Gasteiger partial charge in [-0.05, 0) is 43.0 Å². The lowest BCUT2D eigenvalue weighted by Crippen LogP contribution is -2.33. The Hall–Kier alpha value is -3.12. The van der Waals surface area contributed by atoms with E-state index in [-0.39, 0.29) is 24.9 Å². The zero-order valence-corrected chi connectivity index (χ0v) is 19.6. The fraction of sp³-hybridized carbons (Fsp3) is 0.269. The Morgan fingerprint density at radius 2 is 1.56 bits per heavy atom. The molecule has 0 aliphatic carbocycles. The van der Waals surface area contributed by atoms with Gasteiger partial charge < -0.3 is 5.32 Å². The Bertz CT molecular complexity index is 1160. The number of para-hydroxylation sites is 1. The summed E-state index contributed by atoms with van der Waals surface area (Å²) in [5.74, 6) is -0.112. The van der Waals surface area contributed by atoms with Crippen molar-refractivity contribution in [2.45, 2.75) is 32.7 Å². The molecular formula is C26H30N2O3S. The molecule has 0 saturated heterocycles. The molecular weight excluding hydrogens is 420 g/mol. The van der Waals surface area contributed by atoms with Crippen LogP contribution in [0.15, 0.2) is 78.9 Å². The van der Waals surface area contributed by atoms with Gasteiger partial charge in [-0.15, -0.1) is 0 Å². The minimum absolute atomic E-state index is 0.112. The van der Waals surface area contributed by atoms with Crippen molar-refractivity contribution in [1.29, 1.82) is 0 Å². The van der Waals surface area contributed by atoms with Gasteiger partial charge in [-0.2, -0.15) is 0 Å². The standard InChI is InChI=1S/C26H30N2O3S/c1-20-11-9-15-23(19-20)26(22-13-5-4-6-14-22)27-25(29)17-10-18-28(32(3,30)31)24-16-8-7-12-21(24)2/h4-9,11-16,19,26H,10,17-18H2,1-3H3,(H,27,29)/t26-/m1/s1. The number of nitrogens with one attached hydrogen (secondary N) is 1. The number of carbonyl (C=O) groups excluding carboxylic acids is 1. The summed E-state index contributed by atoms with van der Waals surface area (Å²) in [7, 11) is -3.45. The van der Waals surface area contributed by atoms with E-state index in [1.165, 1.54) is 10.6 Å². The molecule has 1 amide bonds. The number of hydrogen-bond acceptors (Lipinski definition) is 3. The summed E-state index contributed by atoms with van der Waals surface area (Å²) in [5.41, 5.74) is 4.68. The second-order valence-corrected chi connectivity index (χ2v) is 9.96. The topological polar surface area (TPSA) is 66.5 Å². The largest absolute Gasteiger partial charge is 0.345 e. The molecule has 0 spiro atoms. The first-order valence-electron chi connectivity index (χ1n) is 10.7. The summed E-state index contributed by atoms with van der Waals surface area (Å²) < 4.78 is 26.1. The van der Waals surface area contributed by atoms with Gasteiger partial charge in [0.15, 0.2) is 0 Å². The molecule has 5 nitrogen and oxygen atoms in total. The predicted molar refractivity (Wildman–Crippen MR) is 130 cm³/mol. The SMILES string of the molecule is Cc1cccc([C@H](NC(=O)CCCN(c2ccccc2C)S(C)(=O)=O)c2ccccc2)c1. The number of aryl methyl sites for hydroxylation is 2. The summed E-state index contributed by atoms with van der Waals surface area (Å²) in [6.07, 6.45) is 1.85. The summed E-state index contributed by atoms with van der Waals surface area (Å²) in [4.78, 5) is 12.8. The summed E-state index contributed by atoms with van der Waals surface area (Å²) in [6, 6.07) is 25.1. The number of benzene rings is 3. The highest BCUT2D eigenvalue weighted by molar-refractivity contribution is 7.92. The van der Waals surface area contributed by atoms with Crippen LogP contribution in [0.25, 0.3) is 0 Å². The number of sulfonamides is 1. The molecule has 3 aromatic rings. The van der Waals surface area contributed by atoms with Crippen molar-refractivity contribution in [2.24, 2.45) is 0 Å². The maximum Gasteiger partial charge on any atom is 0.232 e. The summed E-state index contributed by atoms with van der Waals surface area (Å²) >= 11 is 0. The average Bonchev–Trinajstić information content (AvgIpc) is 2.75. The molecule has 3 aromatic carbocycles. The zero-order chi connectivity index (χ0) is 23.1. The van der Waals surface area contributed by atoms with E-state index < -0.39 is 10.0 Å². The van der Waals surface area contributed by atoms with Crippen LogP contribution >= 0.6 is 0 Å². The van der Waals surface area contributed by atoms with E-state index in [0.717, 1.165) is 22.3 Å². The molecule has 0 heterocycles. The van der Waals surface area contributed by atoms with Crippen LogP contribution in [0.3, 0.4) is 0 Å². The minimum atomic E-state index is -3.45. The second-order valence-electron chi connectivity index (χ2n) is 8.05. The van der Waals surface area contributed by atoms with Crippen LogP contribution in [0.2, 0.25) is 0 Å². The Morgan fingerprint density at radius 3 is 2.22 bits per heavy atom. The van der Waals surface area contributed by atoms with Crippen LogP contribution in [-0.4, -0.2) is 27.1 Å². The smallest absolute Gasteiger partial charge is 0.232 e. The quantitative estimate of drug-likeness (QED) is 0.511. The average molecular weight is 451 g/mol. The van der Waals surface area contributed by atoms with E-state index in [2.05, 4.69) is 11.4 Å². The third kappa shape index (κ3) is 6.20. The van der Waals surface area contributed by atoms with E-state index in [1.807, 2.05) is 80.6 Å². The number of hydrogen-bond donors (Lipinski definition) is 1. The third-order valence-corrected chi connectivity index (χ3v) is 6.54. The van der Waals surface area contributed by atoms with Gasteiger partial charge >= 0.3 is 0 Å². The Balaban J connectivity index is 1.70. The van der Waals surface area contributed by atoms with Crippen molar-refractivity contribution in [2.75, 3.05) is 17.1 Å². The number of carbonyl (C=O) groups is 1. The lowest BCUT2D eigenvalue weighted by atomic mass is 9.97. The van der Waals surface area contributed by atoms with Gasteiger partial charge in [-0.3, -0.25) is 9.10 Å². The number of amides is 1. The van der Waals surface area contributed by atoms with E-state index in [4.69, 9.17) is 0 Å². The normalized spacial score (nSPS) is 12.2. The fourth-order valence-electron chi connectivity index (χ4n) is 3.78. The zero-order valence-electron chi connectivity index (χ0n) is 18.8. The van der Waals surface area contributed by atoms with Crippen LogP contribution < -0.4 is 9.62 Å². The summed E-state index contributed by atoms with van der Waals surface area (Å²) in [5, 5.41) is 3.13. The van der Waals surface area contributed by atoms with Gasteiger partial charge in [0.1, 0.15) is 0 Å². The van der Waals surface area contributed by atoms with Gasteiger partial charge in [0.05, 0.1) is 18.0 Å². The first kappa shape index (κ1) is 23.5. The fourth-order valence-corrected chi connectivity index (χ4v) is 4.80. The van der Waals surface area contributed by atoms with E-state index in [0.29, 0.717) is 12.1 Å². The lowest BCUT2D eigenvalue weighted by molar-refractivity contribution is -0.121. The maximum absolute atomic E-state index is 12.8. The molecule has 0 unspecified atom stereocenters. The van der Waals surface area contributed by atoms with Crippen LogP contribution in [0, 0.1) is 13.8 Å². The minimum Gasteiger partial charge on any atom is -0.345 e. The monoisotopic (exact) mass is 450 g/mol. The molecule has 168 valence electrons. The van der Waals surface area contributed by atoms with Crippen molar-refractivity contribution < 1.29 is 13.2 Å². The molecule has 32 heavy (non-hydrogen) atoms. The first-order chi connectivity index (χ1) is 15.3. The molecule has 0 aromatic heterocycles. The molecule has 0 radical (unpaired) electrons. The predicted octanol–water partition coefficient (Wildman–Crippen LogP) is 4.76. The molecule has 6 heteroatoms. The van der Waals surface area contributed by atoms with E-state index in [9.17, 15) is 13.2 Å². The number of rotatable bonds is 9. The van der Waals surface area contributed by atoms with Crippen LogP contribution in [0.1, 0.15) is 41.1 Å². The molecule has 0 aliphatic heterocycles. The second kappa shape index (κ2) is 10.5. The van der Waals surface area contributed by atoms with E-state index in [1.54, 1.807) is 6.07 Å². The molecule has 0 bridgehead atoms. The van der Waals surface area contributed by atoms with Gasteiger partial charge in [0.2, 0.25) is 15.9 Å². The van der Waals surface area contributed by atoms with E-state index >= 15 is 0 Å². The van der Waals surface area contributed by atoms with Crippen molar-refractivity contribution in [1.82, 2.24) is 5.32 Å². The van der Waals surface area contributed by atoms with Crippen molar-refractivity contribution in [3.63, 3.8) is 0 Å². The van der Waals surface area contributed by atoms with Crippen LogP contribution in [-0.2, 0) is 14.8 Å². The molecule has 0 fully saturated rings. The molecule has 0 aliphatic rings. The molecule has 0 saturated carbocycles. The first-order valence-corrected chi connectivity index (χ1v) is 12.5. The van der Waals surface area contributed by atoms with Crippen LogP contribution in [0.5, 0.6) is 0 Å². The molecule has 1 atom stereocenters.